The first kappa shape index (κ1) is 4.24. The highest BCUT2D eigenvalue weighted by Gasteiger charge is 1.95. The van der Waals surface area contributed by atoms with Gasteiger partial charge in [-0.15, -0.1) is 4.79 Å². The molecule has 2 radical (unpaired) electrons. The first-order chi connectivity index (χ1) is 3.30. The van der Waals surface area contributed by atoms with E-state index in [2.05, 4.69) is 12.1 Å². The van der Waals surface area contributed by atoms with Crippen molar-refractivity contribution < 1.29 is 4.79 Å². The van der Waals surface area contributed by atoms with Crippen molar-refractivity contribution in [2.24, 2.45) is 0 Å². The summed E-state index contributed by atoms with van der Waals surface area (Å²) in [4.78, 5) is 2.56. The molecule has 0 atom stereocenters. The van der Waals surface area contributed by atoms with Crippen LogP contribution in [0.5, 0.6) is 0 Å². The van der Waals surface area contributed by atoms with Crippen molar-refractivity contribution in [3.8, 4) is 0 Å². The lowest BCUT2D eigenvalue weighted by atomic mass is 10.4. The molecule has 1 aliphatic heterocycles. The summed E-state index contributed by atoms with van der Waals surface area (Å²) in [6, 6.07) is 0. The Hall–Kier alpha value is -0.925. The Kier molecular flexibility index (Phi) is 0.783. The van der Waals surface area contributed by atoms with Gasteiger partial charge in [0.25, 0.3) is 0 Å². The van der Waals surface area contributed by atoms with Crippen LogP contribution < -0.4 is 0 Å². The van der Waals surface area contributed by atoms with Gasteiger partial charge in [-0.1, -0.05) is 0 Å². The number of rotatable bonds is 0. The van der Waals surface area contributed by atoms with E-state index in [0.717, 1.165) is 0 Å². The van der Waals surface area contributed by atoms with Crippen molar-refractivity contribution in [2.45, 2.75) is 0 Å². The van der Waals surface area contributed by atoms with Crippen LogP contribution in [-0.2, 0) is 0 Å². The van der Waals surface area contributed by atoms with Crippen LogP contribution in [0.25, 0.3) is 5.43 Å². The summed E-state index contributed by atoms with van der Waals surface area (Å²) in [6.07, 6.45) is 3.17. The predicted molar refractivity (Wildman–Crippen MR) is 27.5 cm³/mol. The molecule has 0 aliphatic carbocycles. The Balaban J connectivity index is 2.62. The van der Waals surface area contributed by atoms with Gasteiger partial charge in [-0.05, 0) is 12.4 Å². The Morgan fingerprint density at radius 1 is 1.86 bits per heavy atom. The molecule has 0 fully saturated rings. The van der Waals surface area contributed by atoms with E-state index in [-0.39, 0.29) is 0 Å². The van der Waals surface area contributed by atoms with Crippen LogP contribution in [-0.4, -0.2) is 24.4 Å². The van der Waals surface area contributed by atoms with Crippen LogP contribution in [0.3, 0.4) is 0 Å². The second-order valence-corrected chi connectivity index (χ2v) is 1.17. The summed E-state index contributed by atoms with van der Waals surface area (Å²) >= 11 is 0. The number of hydrazone groups is 1. The van der Waals surface area contributed by atoms with E-state index < -0.39 is 0 Å². The molecule has 0 aromatic rings. The molecule has 1 aliphatic rings. The van der Waals surface area contributed by atoms with E-state index >= 15 is 0 Å². The number of hydrazine groups is 1. The molecule has 0 unspecified atom stereocenters. The minimum absolute atomic E-state index is 1.28. The molecule has 1 heterocycles. The fourth-order valence-corrected chi connectivity index (χ4v) is 0.312. The SMILES string of the molecule is [B]N1C=C[N-][N+]1=C. The van der Waals surface area contributed by atoms with Crippen LogP contribution in [0.1, 0.15) is 0 Å². The molecule has 34 valence electrons. The molecule has 0 N–H and O–H groups in total. The van der Waals surface area contributed by atoms with Crippen LogP contribution in [0.2, 0.25) is 0 Å². The predicted octanol–water partition coefficient (Wildman–Crippen LogP) is -0.226. The first-order valence-corrected chi connectivity index (χ1v) is 1.82. The third kappa shape index (κ3) is 0.583. The second-order valence-electron chi connectivity index (χ2n) is 1.17. The standard InChI is InChI=1S/C3H4BN3/c1-6-5-2-3-7(6)4/h2-3H,1H2. The number of hydrogen-bond acceptors (Lipinski definition) is 1. The summed E-state index contributed by atoms with van der Waals surface area (Å²) in [6.45, 7) is 3.42. The molecule has 1 rings (SSSR count). The van der Waals surface area contributed by atoms with Gasteiger partial charge in [0.15, 0.2) is 14.7 Å². The number of nitrogens with zero attached hydrogens (tertiary/aromatic N) is 3. The van der Waals surface area contributed by atoms with Gasteiger partial charge < -0.3 is 4.92 Å². The Morgan fingerprint density at radius 2 is 2.57 bits per heavy atom. The molecule has 0 saturated carbocycles. The Bertz CT molecular complexity index is 119. The molecule has 0 aromatic heterocycles. The van der Waals surface area contributed by atoms with Crippen molar-refractivity contribution >= 4 is 14.7 Å². The Morgan fingerprint density at radius 3 is 2.71 bits per heavy atom. The van der Waals surface area contributed by atoms with Crippen molar-refractivity contribution in [3.63, 3.8) is 0 Å². The molecule has 0 spiro atoms. The molecule has 4 heteroatoms. The molecular weight excluding hydrogens is 88.9 g/mol. The zero-order valence-electron chi connectivity index (χ0n) is 3.78. The monoisotopic (exact) mass is 93.0 g/mol. The van der Waals surface area contributed by atoms with Gasteiger partial charge >= 0.3 is 0 Å². The Labute approximate surface area is 43.3 Å². The molecule has 0 bridgehead atoms. The lowest BCUT2D eigenvalue weighted by Crippen LogP contribution is -2.17. The summed E-state index contributed by atoms with van der Waals surface area (Å²) in [7, 11) is 5.19. The summed E-state index contributed by atoms with van der Waals surface area (Å²) in [5, 5.41) is 0. The highest BCUT2D eigenvalue weighted by Crippen LogP contribution is 2.01. The minimum atomic E-state index is 1.28. The zero-order valence-corrected chi connectivity index (χ0v) is 3.78. The zero-order chi connectivity index (χ0) is 5.28. The average Bonchev–Trinajstić information content (AvgIpc) is 1.91. The van der Waals surface area contributed by atoms with E-state index in [1.54, 1.807) is 12.4 Å². The van der Waals surface area contributed by atoms with Crippen LogP contribution in [0, 0.1) is 0 Å². The summed E-state index contributed by atoms with van der Waals surface area (Å²) in [5.41, 5.74) is 3.66. The van der Waals surface area contributed by atoms with Gasteiger partial charge in [0.2, 0.25) is 0 Å². The van der Waals surface area contributed by atoms with Gasteiger partial charge in [0.05, 0.1) is 0 Å². The van der Waals surface area contributed by atoms with Gasteiger partial charge in [-0.25, -0.2) is 0 Å². The first-order valence-electron chi connectivity index (χ1n) is 1.82. The molecule has 0 amide bonds. The minimum Gasteiger partial charge on any atom is -0.311 e. The fourth-order valence-electron chi connectivity index (χ4n) is 0.312. The molecule has 7 heavy (non-hydrogen) atoms. The lowest BCUT2D eigenvalue weighted by molar-refractivity contribution is -0.584. The van der Waals surface area contributed by atoms with E-state index in [4.69, 9.17) is 7.98 Å². The van der Waals surface area contributed by atoms with Crippen LogP contribution in [0.4, 0.5) is 0 Å². The quantitative estimate of drug-likeness (QED) is 0.299. The molecule has 0 aromatic carbocycles. The van der Waals surface area contributed by atoms with Crippen molar-refractivity contribution in [3.05, 3.63) is 17.8 Å². The number of hydrogen-bond donors (Lipinski definition) is 0. The second kappa shape index (κ2) is 1.29. The van der Waals surface area contributed by atoms with Gasteiger partial charge in [-0.2, -0.15) is 5.43 Å². The van der Waals surface area contributed by atoms with Gasteiger partial charge in [-0.3, -0.25) is 0 Å². The van der Waals surface area contributed by atoms with Crippen molar-refractivity contribution in [2.75, 3.05) is 0 Å². The molecule has 0 saturated heterocycles. The fraction of sp³-hybridized carbons (Fsp3) is 0. The highest BCUT2D eigenvalue weighted by atomic mass is 15.7. The van der Waals surface area contributed by atoms with E-state index in [1.807, 2.05) is 0 Å². The summed E-state index contributed by atoms with van der Waals surface area (Å²) < 4.78 is 0. The van der Waals surface area contributed by atoms with Gasteiger partial charge in [0.1, 0.15) is 0 Å². The maximum Gasteiger partial charge on any atom is 0.155 e. The smallest absolute Gasteiger partial charge is 0.155 e. The molecule has 3 nitrogen and oxygen atoms in total. The van der Waals surface area contributed by atoms with Gasteiger partial charge in [0, 0.05) is 0 Å². The van der Waals surface area contributed by atoms with Crippen LogP contribution in [0.15, 0.2) is 12.4 Å². The third-order valence-electron chi connectivity index (χ3n) is 0.686. The van der Waals surface area contributed by atoms with E-state index in [0.29, 0.717) is 0 Å². The van der Waals surface area contributed by atoms with Crippen molar-refractivity contribution in [1.82, 2.24) is 4.92 Å². The normalized spacial score (nSPS) is 17.7. The third-order valence-corrected chi connectivity index (χ3v) is 0.686. The van der Waals surface area contributed by atoms with Crippen LogP contribution >= 0.6 is 0 Å². The topological polar surface area (TPSA) is 20.4 Å². The maximum absolute atomic E-state index is 5.19. The van der Waals surface area contributed by atoms with E-state index in [1.165, 1.54) is 9.71 Å². The average molecular weight is 92.9 g/mol. The largest absolute Gasteiger partial charge is 0.311 e. The molecular formula is C3H4BN3. The lowest BCUT2D eigenvalue weighted by Gasteiger charge is -2.09. The maximum atomic E-state index is 5.19. The van der Waals surface area contributed by atoms with E-state index in [9.17, 15) is 0 Å². The summed E-state index contributed by atoms with van der Waals surface area (Å²) in [5.74, 6) is 0. The highest BCUT2D eigenvalue weighted by molar-refractivity contribution is 6.04. The van der Waals surface area contributed by atoms with Crippen molar-refractivity contribution in [1.29, 1.82) is 0 Å².